The van der Waals surface area contributed by atoms with E-state index in [0.717, 1.165) is 0 Å². The highest BCUT2D eigenvalue weighted by Crippen LogP contribution is 2.38. The van der Waals surface area contributed by atoms with Gasteiger partial charge in [-0.25, -0.2) is 4.79 Å². The van der Waals surface area contributed by atoms with Crippen molar-refractivity contribution < 1.29 is 19.0 Å². The monoisotopic (exact) mass is 345 g/mol. The number of amides is 1. The molecular formula is C15H17Cl2NO4. The highest BCUT2D eigenvalue weighted by Gasteiger charge is 2.13. The molecule has 0 heterocycles. The Labute approximate surface area is 139 Å². The summed E-state index contributed by atoms with van der Waals surface area (Å²) in [5, 5.41) is 2.88. The van der Waals surface area contributed by atoms with Gasteiger partial charge in [-0.05, 0) is 19.9 Å². The van der Waals surface area contributed by atoms with Crippen LogP contribution >= 0.6 is 23.2 Å². The molecule has 120 valence electrons. The minimum Gasteiger partial charge on any atom is -0.490 e. The molecule has 1 N–H and O–H groups in total. The predicted octanol–water partition coefficient (Wildman–Crippen LogP) is 3.93. The largest absolute Gasteiger partial charge is 0.490 e. The van der Waals surface area contributed by atoms with Crippen LogP contribution in [0, 0.1) is 11.8 Å². The zero-order chi connectivity index (χ0) is 16.4. The van der Waals surface area contributed by atoms with Crippen molar-refractivity contribution in [2.75, 3.05) is 31.0 Å². The van der Waals surface area contributed by atoms with E-state index in [1.807, 2.05) is 13.8 Å². The summed E-state index contributed by atoms with van der Waals surface area (Å²) in [4.78, 5) is 11.6. The molecule has 0 aliphatic rings. The fourth-order valence-electron chi connectivity index (χ4n) is 1.54. The van der Waals surface area contributed by atoms with E-state index in [-0.39, 0.29) is 12.5 Å². The summed E-state index contributed by atoms with van der Waals surface area (Å²) in [5.74, 6) is 6.25. The molecule has 7 heteroatoms. The number of carbonyl (C=O) groups excluding carboxylic acids is 1. The van der Waals surface area contributed by atoms with Crippen LogP contribution in [-0.2, 0) is 4.74 Å². The lowest BCUT2D eigenvalue weighted by molar-refractivity contribution is 0.176. The van der Waals surface area contributed by atoms with Gasteiger partial charge in [-0.15, -0.1) is 11.6 Å². The van der Waals surface area contributed by atoms with E-state index < -0.39 is 6.09 Å². The van der Waals surface area contributed by atoms with Crippen LogP contribution < -0.4 is 14.8 Å². The van der Waals surface area contributed by atoms with Crippen molar-refractivity contribution in [3.63, 3.8) is 0 Å². The Morgan fingerprint density at radius 2 is 1.95 bits per heavy atom. The first kappa shape index (κ1) is 18.3. The molecule has 0 aromatic heterocycles. The molecule has 1 amide bonds. The molecule has 0 fully saturated rings. The molecule has 22 heavy (non-hydrogen) atoms. The lowest BCUT2D eigenvalue weighted by Gasteiger charge is -2.14. The SMILES string of the molecule is CCOc1cc(NC(=O)OCC#CCCl)cc(Cl)c1OCC. The number of halogens is 2. The van der Waals surface area contributed by atoms with E-state index in [9.17, 15) is 4.79 Å². The molecule has 0 atom stereocenters. The first-order valence-corrected chi connectivity index (χ1v) is 7.58. The van der Waals surface area contributed by atoms with E-state index in [0.29, 0.717) is 35.4 Å². The molecule has 0 aliphatic carbocycles. The fourth-order valence-corrected chi connectivity index (χ4v) is 1.90. The van der Waals surface area contributed by atoms with Gasteiger partial charge in [0.2, 0.25) is 0 Å². The van der Waals surface area contributed by atoms with Crippen molar-refractivity contribution in [1.29, 1.82) is 0 Å². The Hall–Kier alpha value is -1.77. The van der Waals surface area contributed by atoms with Gasteiger partial charge in [-0.2, -0.15) is 0 Å². The second-order valence-electron chi connectivity index (χ2n) is 3.84. The summed E-state index contributed by atoms with van der Waals surface area (Å²) in [6, 6.07) is 3.17. The van der Waals surface area contributed by atoms with Gasteiger partial charge in [-0.1, -0.05) is 23.4 Å². The van der Waals surface area contributed by atoms with Gasteiger partial charge in [0.25, 0.3) is 0 Å². The lowest BCUT2D eigenvalue weighted by atomic mass is 10.2. The summed E-state index contributed by atoms with van der Waals surface area (Å²) < 4.78 is 15.8. The van der Waals surface area contributed by atoms with Gasteiger partial charge in [0, 0.05) is 11.8 Å². The molecule has 0 saturated heterocycles. The molecule has 1 rings (SSSR count). The topological polar surface area (TPSA) is 56.8 Å². The normalized spacial score (nSPS) is 9.45. The highest BCUT2D eigenvalue weighted by molar-refractivity contribution is 6.32. The third-order valence-corrected chi connectivity index (χ3v) is 2.73. The molecule has 0 bridgehead atoms. The van der Waals surface area contributed by atoms with E-state index in [1.54, 1.807) is 12.1 Å². The Kier molecular flexibility index (Phi) is 8.34. The number of anilines is 1. The van der Waals surface area contributed by atoms with Crippen molar-refractivity contribution in [2.45, 2.75) is 13.8 Å². The van der Waals surface area contributed by atoms with Gasteiger partial charge < -0.3 is 14.2 Å². The number of ether oxygens (including phenoxy) is 3. The predicted molar refractivity (Wildman–Crippen MR) is 87.3 cm³/mol. The summed E-state index contributed by atoms with van der Waals surface area (Å²) in [6.45, 7) is 4.54. The van der Waals surface area contributed by atoms with Crippen LogP contribution in [0.2, 0.25) is 5.02 Å². The molecule has 0 saturated carbocycles. The maximum absolute atomic E-state index is 11.6. The van der Waals surface area contributed by atoms with Crippen LogP contribution in [0.3, 0.4) is 0 Å². The van der Waals surface area contributed by atoms with Crippen molar-refractivity contribution in [1.82, 2.24) is 0 Å². The third kappa shape index (κ3) is 5.92. The van der Waals surface area contributed by atoms with Crippen LogP contribution in [0.1, 0.15) is 13.8 Å². The zero-order valence-electron chi connectivity index (χ0n) is 12.4. The number of rotatable bonds is 6. The van der Waals surface area contributed by atoms with Gasteiger partial charge in [-0.3, -0.25) is 5.32 Å². The van der Waals surface area contributed by atoms with Crippen molar-refractivity contribution in [3.05, 3.63) is 17.2 Å². The first-order valence-electron chi connectivity index (χ1n) is 6.66. The van der Waals surface area contributed by atoms with Crippen LogP contribution in [0.5, 0.6) is 11.5 Å². The molecule has 0 radical (unpaired) electrons. The minimum atomic E-state index is -0.647. The Bertz CT molecular complexity index is 567. The van der Waals surface area contributed by atoms with Crippen LogP contribution in [0.4, 0.5) is 10.5 Å². The van der Waals surface area contributed by atoms with E-state index in [1.165, 1.54) is 0 Å². The second kappa shape index (κ2) is 10.0. The number of benzene rings is 1. The number of nitrogens with one attached hydrogen (secondary N) is 1. The standard InChI is InChI=1S/C15H17Cl2NO4/c1-3-20-13-10-11(9-12(17)14(13)21-4-2)18-15(19)22-8-6-5-7-16/h9-10H,3-4,7-8H2,1-2H3,(H,18,19). The Balaban J connectivity index is 2.80. The third-order valence-electron chi connectivity index (χ3n) is 2.31. The van der Waals surface area contributed by atoms with Crippen LogP contribution in [0.25, 0.3) is 0 Å². The van der Waals surface area contributed by atoms with Crippen molar-refractivity contribution >= 4 is 35.0 Å². The minimum absolute atomic E-state index is 0.0400. The smallest absolute Gasteiger partial charge is 0.412 e. The number of carbonyl (C=O) groups is 1. The van der Waals surface area contributed by atoms with Gasteiger partial charge in [0.15, 0.2) is 18.1 Å². The quantitative estimate of drug-likeness (QED) is 0.626. The first-order chi connectivity index (χ1) is 10.6. The van der Waals surface area contributed by atoms with E-state index >= 15 is 0 Å². The second-order valence-corrected chi connectivity index (χ2v) is 4.51. The molecule has 0 unspecified atom stereocenters. The van der Waals surface area contributed by atoms with Crippen molar-refractivity contribution in [3.8, 4) is 23.3 Å². The number of alkyl halides is 1. The van der Waals surface area contributed by atoms with Gasteiger partial charge >= 0.3 is 6.09 Å². The maximum atomic E-state index is 11.6. The Morgan fingerprint density at radius 1 is 1.23 bits per heavy atom. The Morgan fingerprint density at radius 3 is 2.59 bits per heavy atom. The summed E-state index contributed by atoms with van der Waals surface area (Å²) in [5.41, 5.74) is 0.437. The van der Waals surface area contributed by atoms with E-state index in [4.69, 9.17) is 37.4 Å². The number of hydrogen-bond donors (Lipinski definition) is 1. The highest BCUT2D eigenvalue weighted by atomic mass is 35.5. The van der Waals surface area contributed by atoms with Crippen LogP contribution in [-0.4, -0.2) is 31.8 Å². The fraction of sp³-hybridized carbons (Fsp3) is 0.400. The molecule has 1 aromatic rings. The zero-order valence-corrected chi connectivity index (χ0v) is 13.9. The summed E-state index contributed by atoms with van der Waals surface area (Å²) in [7, 11) is 0. The average molecular weight is 346 g/mol. The molecule has 0 spiro atoms. The van der Waals surface area contributed by atoms with Gasteiger partial charge in [0.1, 0.15) is 0 Å². The number of hydrogen-bond acceptors (Lipinski definition) is 4. The summed E-state index contributed by atoms with van der Waals surface area (Å²) >= 11 is 11.5. The summed E-state index contributed by atoms with van der Waals surface area (Å²) in [6.07, 6.45) is -0.647. The molecule has 0 aliphatic heterocycles. The maximum Gasteiger partial charge on any atom is 0.412 e. The molecule has 1 aromatic carbocycles. The molecule has 5 nitrogen and oxygen atoms in total. The molecular weight excluding hydrogens is 329 g/mol. The van der Waals surface area contributed by atoms with Crippen molar-refractivity contribution in [2.24, 2.45) is 0 Å². The van der Waals surface area contributed by atoms with Gasteiger partial charge in [0.05, 0.1) is 24.1 Å². The van der Waals surface area contributed by atoms with E-state index in [2.05, 4.69) is 17.2 Å². The average Bonchev–Trinajstić information content (AvgIpc) is 2.47. The van der Waals surface area contributed by atoms with Crippen LogP contribution in [0.15, 0.2) is 12.1 Å². The lowest BCUT2D eigenvalue weighted by Crippen LogP contribution is -2.14.